The SMILES string of the molecule is Cc1ccc(/C=C/S(=O)(=O)NCc2sc(C)nc2C)cc1. The summed E-state index contributed by atoms with van der Waals surface area (Å²) in [7, 11) is -3.45. The molecule has 112 valence electrons. The third-order valence-corrected chi connectivity index (χ3v) is 5.06. The number of rotatable bonds is 5. The van der Waals surface area contributed by atoms with E-state index in [9.17, 15) is 8.42 Å². The van der Waals surface area contributed by atoms with E-state index in [0.29, 0.717) is 0 Å². The zero-order valence-electron chi connectivity index (χ0n) is 12.3. The third kappa shape index (κ3) is 4.77. The monoisotopic (exact) mass is 322 g/mol. The highest BCUT2D eigenvalue weighted by atomic mass is 32.2. The highest BCUT2D eigenvalue weighted by molar-refractivity contribution is 7.92. The first-order chi connectivity index (χ1) is 9.85. The van der Waals surface area contributed by atoms with Gasteiger partial charge in [-0.1, -0.05) is 29.8 Å². The number of sulfonamides is 1. The Balaban J connectivity index is 2.02. The van der Waals surface area contributed by atoms with Crippen molar-refractivity contribution >= 4 is 27.4 Å². The fraction of sp³-hybridized carbons (Fsp3) is 0.267. The molecule has 0 aliphatic carbocycles. The van der Waals surface area contributed by atoms with E-state index in [0.717, 1.165) is 26.7 Å². The first-order valence-corrected chi connectivity index (χ1v) is 8.89. The number of hydrogen-bond acceptors (Lipinski definition) is 4. The van der Waals surface area contributed by atoms with Gasteiger partial charge in [0.25, 0.3) is 0 Å². The van der Waals surface area contributed by atoms with Crippen LogP contribution in [0.3, 0.4) is 0 Å². The predicted molar refractivity (Wildman–Crippen MR) is 87.6 cm³/mol. The van der Waals surface area contributed by atoms with E-state index in [-0.39, 0.29) is 6.54 Å². The second-order valence-corrected chi connectivity index (χ2v) is 7.76. The van der Waals surface area contributed by atoms with Crippen LogP contribution in [0.4, 0.5) is 0 Å². The average molecular weight is 322 g/mol. The Morgan fingerprint density at radius 2 is 1.86 bits per heavy atom. The largest absolute Gasteiger partial charge is 0.247 e. The molecule has 6 heteroatoms. The summed E-state index contributed by atoms with van der Waals surface area (Å²) in [6.07, 6.45) is 1.59. The topological polar surface area (TPSA) is 59.1 Å². The van der Waals surface area contributed by atoms with Crippen molar-refractivity contribution in [2.75, 3.05) is 0 Å². The molecule has 0 aliphatic rings. The van der Waals surface area contributed by atoms with E-state index in [2.05, 4.69) is 9.71 Å². The standard InChI is InChI=1S/C15H18N2O2S2/c1-11-4-6-14(7-5-11)8-9-21(18,19)16-10-15-12(2)17-13(3)20-15/h4-9,16H,10H2,1-3H3/b9-8+. The maximum absolute atomic E-state index is 11.9. The van der Waals surface area contributed by atoms with Crippen molar-refractivity contribution in [2.24, 2.45) is 0 Å². The van der Waals surface area contributed by atoms with Crippen molar-refractivity contribution in [3.63, 3.8) is 0 Å². The second-order valence-electron chi connectivity index (χ2n) is 4.82. The molecule has 0 saturated heterocycles. The lowest BCUT2D eigenvalue weighted by Gasteiger charge is -2.01. The minimum absolute atomic E-state index is 0.276. The summed E-state index contributed by atoms with van der Waals surface area (Å²) in [5.74, 6) is 0. The Morgan fingerprint density at radius 1 is 1.19 bits per heavy atom. The van der Waals surface area contributed by atoms with Crippen LogP contribution in [0.5, 0.6) is 0 Å². The molecule has 0 amide bonds. The first kappa shape index (κ1) is 15.9. The summed E-state index contributed by atoms with van der Waals surface area (Å²) >= 11 is 1.51. The zero-order chi connectivity index (χ0) is 15.5. The Bertz CT molecular complexity index is 744. The third-order valence-electron chi connectivity index (χ3n) is 2.95. The highest BCUT2D eigenvalue weighted by Gasteiger charge is 2.09. The Hall–Kier alpha value is -1.50. The molecule has 2 aromatic rings. The molecular weight excluding hydrogens is 304 g/mol. The van der Waals surface area contributed by atoms with E-state index < -0.39 is 10.0 Å². The van der Waals surface area contributed by atoms with E-state index in [1.165, 1.54) is 16.7 Å². The lowest BCUT2D eigenvalue weighted by Crippen LogP contribution is -2.20. The molecular formula is C15H18N2O2S2. The number of hydrogen-bond donors (Lipinski definition) is 1. The van der Waals surface area contributed by atoms with Gasteiger partial charge in [-0.25, -0.2) is 18.1 Å². The van der Waals surface area contributed by atoms with Crippen LogP contribution in [0.1, 0.15) is 26.7 Å². The predicted octanol–water partition coefficient (Wildman–Crippen LogP) is 3.16. The summed E-state index contributed by atoms with van der Waals surface area (Å²) in [5.41, 5.74) is 2.88. The van der Waals surface area contributed by atoms with Crippen molar-refractivity contribution in [3.05, 3.63) is 56.4 Å². The summed E-state index contributed by atoms with van der Waals surface area (Å²) < 4.78 is 26.5. The van der Waals surface area contributed by atoms with E-state index >= 15 is 0 Å². The van der Waals surface area contributed by atoms with Gasteiger partial charge < -0.3 is 0 Å². The van der Waals surface area contributed by atoms with Gasteiger partial charge in [-0.15, -0.1) is 11.3 Å². The molecule has 1 aromatic heterocycles. The number of thiazole rings is 1. The molecule has 0 atom stereocenters. The first-order valence-electron chi connectivity index (χ1n) is 6.53. The Labute approximate surface area is 129 Å². The summed E-state index contributed by atoms with van der Waals surface area (Å²) in [4.78, 5) is 5.22. The van der Waals surface area contributed by atoms with Crippen LogP contribution < -0.4 is 4.72 Å². The van der Waals surface area contributed by atoms with Gasteiger partial charge >= 0.3 is 0 Å². The lowest BCUT2D eigenvalue weighted by atomic mass is 10.2. The quantitative estimate of drug-likeness (QED) is 0.920. The maximum atomic E-state index is 11.9. The molecule has 0 bridgehead atoms. The van der Waals surface area contributed by atoms with Crippen LogP contribution in [-0.4, -0.2) is 13.4 Å². The van der Waals surface area contributed by atoms with Gasteiger partial charge in [0, 0.05) is 16.8 Å². The molecule has 1 N–H and O–H groups in total. The van der Waals surface area contributed by atoms with Crippen LogP contribution in [0, 0.1) is 20.8 Å². The number of aryl methyl sites for hydroxylation is 3. The molecule has 0 spiro atoms. The lowest BCUT2D eigenvalue weighted by molar-refractivity contribution is 0.591. The van der Waals surface area contributed by atoms with Crippen molar-refractivity contribution in [2.45, 2.75) is 27.3 Å². The maximum Gasteiger partial charge on any atom is 0.234 e. The van der Waals surface area contributed by atoms with Crippen molar-refractivity contribution in [3.8, 4) is 0 Å². The molecule has 0 unspecified atom stereocenters. The molecule has 0 saturated carbocycles. The van der Waals surface area contributed by atoms with Gasteiger partial charge in [-0.05, 0) is 32.4 Å². The minimum atomic E-state index is -3.45. The summed E-state index contributed by atoms with van der Waals surface area (Å²) in [5, 5.41) is 2.14. The number of benzene rings is 1. The van der Waals surface area contributed by atoms with Crippen LogP contribution in [0.25, 0.3) is 6.08 Å². The second kappa shape index (κ2) is 6.51. The van der Waals surface area contributed by atoms with Crippen LogP contribution in [0.2, 0.25) is 0 Å². The normalized spacial score (nSPS) is 12.1. The molecule has 0 fully saturated rings. The van der Waals surface area contributed by atoms with Gasteiger partial charge in [-0.2, -0.15) is 0 Å². The Morgan fingerprint density at radius 3 is 2.43 bits per heavy atom. The van der Waals surface area contributed by atoms with E-state index in [1.807, 2.05) is 45.0 Å². The van der Waals surface area contributed by atoms with Gasteiger partial charge in [-0.3, -0.25) is 0 Å². The molecule has 1 heterocycles. The highest BCUT2D eigenvalue weighted by Crippen LogP contribution is 2.17. The van der Waals surface area contributed by atoms with Crippen molar-refractivity contribution in [1.29, 1.82) is 0 Å². The molecule has 4 nitrogen and oxygen atoms in total. The molecule has 0 aliphatic heterocycles. The molecule has 1 aromatic carbocycles. The fourth-order valence-electron chi connectivity index (χ4n) is 1.80. The van der Waals surface area contributed by atoms with Crippen LogP contribution in [-0.2, 0) is 16.6 Å². The number of nitrogens with one attached hydrogen (secondary N) is 1. The molecule has 21 heavy (non-hydrogen) atoms. The zero-order valence-corrected chi connectivity index (χ0v) is 13.9. The van der Waals surface area contributed by atoms with E-state index in [1.54, 1.807) is 6.08 Å². The smallest absolute Gasteiger partial charge is 0.234 e. The Kier molecular flexibility index (Phi) is 4.92. The van der Waals surface area contributed by atoms with E-state index in [4.69, 9.17) is 0 Å². The van der Waals surface area contributed by atoms with Gasteiger partial charge in [0.05, 0.1) is 10.7 Å². The summed E-state index contributed by atoms with van der Waals surface area (Å²) in [6, 6.07) is 7.67. The number of nitrogens with zero attached hydrogens (tertiary/aromatic N) is 1. The van der Waals surface area contributed by atoms with Crippen LogP contribution >= 0.6 is 11.3 Å². The van der Waals surface area contributed by atoms with Crippen LogP contribution in [0.15, 0.2) is 29.7 Å². The van der Waals surface area contributed by atoms with Gasteiger partial charge in [0.1, 0.15) is 0 Å². The average Bonchev–Trinajstić information content (AvgIpc) is 2.74. The molecule has 0 radical (unpaired) electrons. The van der Waals surface area contributed by atoms with Gasteiger partial charge in [0.15, 0.2) is 0 Å². The van der Waals surface area contributed by atoms with Crippen molar-refractivity contribution in [1.82, 2.24) is 9.71 Å². The summed E-state index contributed by atoms with van der Waals surface area (Å²) in [6.45, 7) is 6.06. The fourth-order valence-corrected chi connectivity index (χ4v) is 3.54. The van der Waals surface area contributed by atoms with Gasteiger partial charge in [0.2, 0.25) is 10.0 Å². The minimum Gasteiger partial charge on any atom is -0.247 e. The number of aromatic nitrogens is 1. The molecule has 2 rings (SSSR count). The van der Waals surface area contributed by atoms with Crippen molar-refractivity contribution < 1.29 is 8.42 Å².